The van der Waals surface area contributed by atoms with Crippen molar-refractivity contribution in [2.24, 2.45) is 5.92 Å². The molecule has 2 rings (SSSR count). The molecule has 0 unspecified atom stereocenters. The van der Waals surface area contributed by atoms with Crippen molar-refractivity contribution in [1.82, 2.24) is 10.3 Å². The number of rotatable bonds is 7. The number of nitrogens with one attached hydrogen (secondary N) is 1. The van der Waals surface area contributed by atoms with Crippen molar-refractivity contribution >= 4 is 5.69 Å². The molecule has 0 amide bonds. The third-order valence-electron chi connectivity index (χ3n) is 3.32. The fourth-order valence-corrected chi connectivity index (χ4v) is 2.27. The van der Waals surface area contributed by atoms with Gasteiger partial charge in [0.2, 0.25) is 0 Å². The van der Waals surface area contributed by atoms with Crippen molar-refractivity contribution in [3.05, 3.63) is 24.0 Å². The lowest BCUT2D eigenvalue weighted by atomic mass is 10.2. The van der Waals surface area contributed by atoms with Crippen LogP contribution in [0.1, 0.15) is 39.3 Å². The highest BCUT2D eigenvalue weighted by Gasteiger charge is 2.28. The maximum Gasteiger partial charge on any atom is 0.0562 e. The molecule has 1 N–H and O–H groups in total. The minimum atomic E-state index is 0.687. The number of anilines is 1. The Morgan fingerprint density at radius 1 is 1.44 bits per heavy atom. The summed E-state index contributed by atoms with van der Waals surface area (Å²) in [5, 5.41) is 3.45. The van der Waals surface area contributed by atoms with Crippen molar-refractivity contribution in [3.8, 4) is 0 Å². The molecular formula is C15H25N3. The first kappa shape index (κ1) is 13.3. The molecule has 0 atom stereocenters. The van der Waals surface area contributed by atoms with Crippen molar-refractivity contribution in [2.45, 2.75) is 46.2 Å². The van der Waals surface area contributed by atoms with Gasteiger partial charge in [0.15, 0.2) is 0 Å². The second-order valence-electron chi connectivity index (χ2n) is 5.55. The van der Waals surface area contributed by atoms with E-state index in [1.165, 1.54) is 18.5 Å². The van der Waals surface area contributed by atoms with Crippen LogP contribution in [0.2, 0.25) is 0 Å². The Hall–Kier alpha value is -1.09. The molecule has 3 nitrogen and oxygen atoms in total. The Labute approximate surface area is 111 Å². The van der Waals surface area contributed by atoms with E-state index in [2.05, 4.69) is 48.1 Å². The van der Waals surface area contributed by atoms with Crippen LogP contribution < -0.4 is 10.2 Å². The highest BCUT2D eigenvalue weighted by Crippen LogP contribution is 2.31. The van der Waals surface area contributed by atoms with Gasteiger partial charge >= 0.3 is 0 Å². The van der Waals surface area contributed by atoms with E-state index in [1.807, 2.05) is 6.20 Å². The monoisotopic (exact) mass is 247 g/mol. The maximum atomic E-state index is 4.44. The van der Waals surface area contributed by atoms with E-state index < -0.39 is 0 Å². The summed E-state index contributed by atoms with van der Waals surface area (Å²) in [6, 6.07) is 5.14. The summed E-state index contributed by atoms with van der Waals surface area (Å²) in [5.74, 6) is 0.687. The smallest absolute Gasteiger partial charge is 0.0562 e. The number of pyridine rings is 1. The molecule has 0 aromatic carbocycles. The van der Waals surface area contributed by atoms with Gasteiger partial charge in [0.05, 0.1) is 5.69 Å². The summed E-state index contributed by atoms with van der Waals surface area (Å²) < 4.78 is 0. The van der Waals surface area contributed by atoms with Crippen LogP contribution in [0.4, 0.5) is 5.69 Å². The van der Waals surface area contributed by atoms with Gasteiger partial charge in [-0.05, 0) is 44.4 Å². The molecule has 0 radical (unpaired) electrons. The predicted molar refractivity (Wildman–Crippen MR) is 76.8 cm³/mol. The zero-order chi connectivity index (χ0) is 13.0. The van der Waals surface area contributed by atoms with Gasteiger partial charge in [-0.1, -0.05) is 13.8 Å². The second kappa shape index (κ2) is 6.19. The average molecular weight is 247 g/mol. The summed E-state index contributed by atoms with van der Waals surface area (Å²) in [6.07, 6.45) is 4.63. The molecule has 0 spiro atoms. The summed E-state index contributed by atoms with van der Waals surface area (Å²) in [4.78, 5) is 6.94. The topological polar surface area (TPSA) is 28.2 Å². The molecule has 1 fully saturated rings. The van der Waals surface area contributed by atoms with Crippen molar-refractivity contribution < 1.29 is 0 Å². The minimum Gasteiger partial charge on any atom is -0.369 e. The van der Waals surface area contributed by atoms with Crippen LogP contribution in [0.3, 0.4) is 0 Å². The Kier molecular flexibility index (Phi) is 4.59. The third-order valence-corrected chi connectivity index (χ3v) is 3.32. The van der Waals surface area contributed by atoms with Crippen molar-refractivity contribution in [1.29, 1.82) is 0 Å². The number of hydrogen-bond acceptors (Lipinski definition) is 3. The van der Waals surface area contributed by atoms with Gasteiger partial charge in [0, 0.05) is 31.0 Å². The van der Waals surface area contributed by atoms with Crippen molar-refractivity contribution in [3.63, 3.8) is 0 Å². The van der Waals surface area contributed by atoms with Crippen molar-refractivity contribution in [2.75, 3.05) is 18.0 Å². The van der Waals surface area contributed by atoms with E-state index in [1.54, 1.807) is 0 Å². The van der Waals surface area contributed by atoms with Crippen LogP contribution in [0.15, 0.2) is 18.3 Å². The number of nitrogens with zero attached hydrogens (tertiary/aromatic N) is 2. The first-order valence-corrected chi connectivity index (χ1v) is 7.13. The normalized spacial score (nSPS) is 15.1. The number of hydrogen-bond donors (Lipinski definition) is 1. The number of aromatic nitrogens is 1. The van der Waals surface area contributed by atoms with Gasteiger partial charge in [0.25, 0.3) is 0 Å². The zero-order valence-electron chi connectivity index (χ0n) is 11.8. The van der Waals surface area contributed by atoms with Gasteiger partial charge in [-0.3, -0.25) is 4.98 Å². The predicted octanol–water partition coefficient (Wildman–Crippen LogP) is 2.82. The van der Waals surface area contributed by atoms with Crippen LogP contribution in [0.25, 0.3) is 0 Å². The van der Waals surface area contributed by atoms with E-state index in [0.717, 1.165) is 31.4 Å². The molecule has 1 heterocycles. The van der Waals surface area contributed by atoms with Gasteiger partial charge < -0.3 is 10.2 Å². The Morgan fingerprint density at radius 3 is 2.83 bits per heavy atom. The van der Waals surface area contributed by atoms with E-state index in [-0.39, 0.29) is 0 Å². The van der Waals surface area contributed by atoms with Crippen LogP contribution in [-0.2, 0) is 6.54 Å². The fraction of sp³-hybridized carbons (Fsp3) is 0.667. The summed E-state index contributed by atoms with van der Waals surface area (Å²) >= 11 is 0. The zero-order valence-corrected chi connectivity index (χ0v) is 11.8. The molecule has 1 aliphatic rings. The summed E-state index contributed by atoms with van der Waals surface area (Å²) in [7, 11) is 0. The molecule has 18 heavy (non-hydrogen) atoms. The van der Waals surface area contributed by atoms with Crippen LogP contribution in [-0.4, -0.2) is 24.1 Å². The quantitative estimate of drug-likeness (QED) is 0.803. The second-order valence-corrected chi connectivity index (χ2v) is 5.55. The minimum absolute atomic E-state index is 0.687. The van der Waals surface area contributed by atoms with Crippen LogP contribution in [0.5, 0.6) is 0 Å². The van der Waals surface area contributed by atoms with Gasteiger partial charge in [-0.2, -0.15) is 0 Å². The maximum absolute atomic E-state index is 4.44. The lowest BCUT2D eigenvalue weighted by Crippen LogP contribution is -2.25. The molecule has 0 saturated heterocycles. The van der Waals surface area contributed by atoms with Gasteiger partial charge in [-0.15, -0.1) is 0 Å². The van der Waals surface area contributed by atoms with Gasteiger partial charge in [0.1, 0.15) is 0 Å². The lowest BCUT2D eigenvalue weighted by molar-refractivity contribution is 0.548. The fourth-order valence-electron chi connectivity index (χ4n) is 2.27. The molecule has 1 aromatic heterocycles. The molecule has 0 bridgehead atoms. The molecule has 1 aromatic rings. The SMILES string of the molecule is CCN(c1ccnc(CNCC(C)C)c1)C1CC1. The molecule has 1 saturated carbocycles. The van der Waals surface area contributed by atoms with Gasteiger partial charge in [-0.25, -0.2) is 0 Å². The van der Waals surface area contributed by atoms with Crippen LogP contribution >= 0.6 is 0 Å². The van der Waals surface area contributed by atoms with Crippen LogP contribution in [0, 0.1) is 5.92 Å². The Morgan fingerprint density at radius 2 is 2.22 bits per heavy atom. The summed E-state index contributed by atoms with van der Waals surface area (Å²) in [5.41, 5.74) is 2.48. The van der Waals surface area contributed by atoms with E-state index in [4.69, 9.17) is 0 Å². The lowest BCUT2D eigenvalue weighted by Gasteiger charge is -2.23. The molecule has 3 heteroatoms. The Balaban J connectivity index is 1.95. The first-order chi connectivity index (χ1) is 8.70. The highest BCUT2D eigenvalue weighted by molar-refractivity contribution is 5.48. The van der Waals surface area contributed by atoms with E-state index in [9.17, 15) is 0 Å². The molecule has 1 aliphatic carbocycles. The van der Waals surface area contributed by atoms with E-state index >= 15 is 0 Å². The largest absolute Gasteiger partial charge is 0.369 e. The molecule has 100 valence electrons. The molecular weight excluding hydrogens is 222 g/mol. The summed E-state index contributed by atoms with van der Waals surface area (Å²) in [6.45, 7) is 9.69. The first-order valence-electron chi connectivity index (χ1n) is 7.13. The average Bonchev–Trinajstić information content (AvgIpc) is 3.15. The third kappa shape index (κ3) is 3.70. The Bertz CT molecular complexity index is 372. The molecule has 0 aliphatic heterocycles. The van der Waals surface area contributed by atoms with E-state index in [0.29, 0.717) is 5.92 Å². The standard InChI is InChI=1S/C15H25N3/c1-4-18(14-5-6-14)15-7-8-17-13(9-15)11-16-10-12(2)3/h7-9,12,14,16H,4-6,10-11H2,1-3H3. The highest BCUT2D eigenvalue weighted by atomic mass is 15.2.